The smallest absolute Gasteiger partial charge is 0.131 e. The van der Waals surface area contributed by atoms with Gasteiger partial charge < -0.3 is 10.6 Å². The molecule has 1 aliphatic rings. The lowest BCUT2D eigenvalue weighted by Gasteiger charge is -2.23. The maximum atomic E-state index is 4.27. The third-order valence-electron chi connectivity index (χ3n) is 2.74. The van der Waals surface area contributed by atoms with Crippen LogP contribution in [0.1, 0.15) is 26.2 Å². The van der Waals surface area contributed by atoms with E-state index in [-0.39, 0.29) is 0 Å². The average molecular weight is 252 g/mol. The SMILES string of the molecule is CCCNc1cc(NC2CCCSC2)ncn1. The van der Waals surface area contributed by atoms with Gasteiger partial charge >= 0.3 is 0 Å². The zero-order valence-electron chi connectivity index (χ0n) is 10.3. The molecule has 0 saturated carbocycles. The molecule has 0 amide bonds. The van der Waals surface area contributed by atoms with E-state index in [2.05, 4.69) is 27.5 Å². The summed E-state index contributed by atoms with van der Waals surface area (Å²) in [4.78, 5) is 8.47. The minimum atomic E-state index is 0.558. The van der Waals surface area contributed by atoms with Crippen LogP contribution in [0.25, 0.3) is 0 Å². The summed E-state index contributed by atoms with van der Waals surface area (Å²) in [5, 5.41) is 6.76. The number of thioether (sulfide) groups is 1. The molecule has 5 heteroatoms. The molecule has 4 nitrogen and oxygen atoms in total. The fourth-order valence-corrected chi connectivity index (χ4v) is 2.92. The van der Waals surface area contributed by atoms with Gasteiger partial charge in [0.25, 0.3) is 0 Å². The summed E-state index contributed by atoms with van der Waals surface area (Å²) in [6, 6.07) is 2.55. The average Bonchev–Trinajstić information content (AvgIpc) is 2.38. The Morgan fingerprint density at radius 3 is 3.06 bits per heavy atom. The molecule has 2 N–H and O–H groups in total. The summed E-state index contributed by atoms with van der Waals surface area (Å²) in [6.45, 7) is 3.10. The van der Waals surface area contributed by atoms with Gasteiger partial charge in [-0.3, -0.25) is 0 Å². The van der Waals surface area contributed by atoms with Crippen LogP contribution < -0.4 is 10.6 Å². The van der Waals surface area contributed by atoms with Gasteiger partial charge in [-0.15, -0.1) is 0 Å². The highest BCUT2D eigenvalue weighted by Crippen LogP contribution is 2.20. The molecule has 1 aliphatic heterocycles. The van der Waals surface area contributed by atoms with Gasteiger partial charge in [0.1, 0.15) is 18.0 Å². The van der Waals surface area contributed by atoms with Crippen LogP contribution in [0.3, 0.4) is 0 Å². The highest BCUT2D eigenvalue weighted by atomic mass is 32.2. The number of anilines is 2. The standard InChI is InChI=1S/C12H20N4S/c1-2-5-13-11-7-12(15-9-14-11)16-10-4-3-6-17-8-10/h7,9-10H,2-6,8H2,1H3,(H2,13,14,15,16). The summed E-state index contributed by atoms with van der Waals surface area (Å²) < 4.78 is 0. The van der Waals surface area contributed by atoms with Crippen molar-refractivity contribution in [3.8, 4) is 0 Å². The van der Waals surface area contributed by atoms with E-state index in [0.717, 1.165) is 24.6 Å². The predicted octanol–water partition coefficient (Wildman–Crippen LogP) is 2.61. The first-order chi connectivity index (χ1) is 8.38. The van der Waals surface area contributed by atoms with Crippen LogP contribution in [0.5, 0.6) is 0 Å². The fourth-order valence-electron chi connectivity index (χ4n) is 1.85. The van der Waals surface area contributed by atoms with Gasteiger partial charge in [-0.1, -0.05) is 6.92 Å². The number of rotatable bonds is 5. The molecule has 1 saturated heterocycles. The van der Waals surface area contributed by atoms with Crippen LogP contribution >= 0.6 is 11.8 Å². The van der Waals surface area contributed by atoms with Crippen molar-refractivity contribution in [1.29, 1.82) is 0 Å². The lowest BCUT2D eigenvalue weighted by molar-refractivity contribution is 0.682. The molecule has 1 atom stereocenters. The zero-order chi connectivity index (χ0) is 11.9. The molecule has 1 unspecified atom stereocenters. The first-order valence-corrected chi connectivity index (χ1v) is 7.44. The Labute approximate surface area is 107 Å². The monoisotopic (exact) mass is 252 g/mol. The van der Waals surface area contributed by atoms with Crippen LogP contribution in [0, 0.1) is 0 Å². The van der Waals surface area contributed by atoms with Gasteiger partial charge in [-0.25, -0.2) is 9.97 Å². The maximum Gasteiger partial charge on any atom is 0.131 e. The zero-order valence-corrected chi connectivity index (χ0v) is 11.1. The first-order valence-electron chi connectivity index (χ1n) is 6.28. The van der Waals surface area contributed by atoms with Gasteiger partial charge in [0.2, 0.25) is 0 Å². The summed E-state index contributed by atoms with van der Waals surface area (Å²) in [6.07, 6.45) is 5.27. The molecule has 2 rings (SSSR count). The van der Waals surface area contributed by atoms with Gasteiger partial charge in [0, 0.05) is 24.4 Å². The quantitative estimate of drug-likeness (QED) is 0.843. The van der Waals surface area contributed by atoms with E-state index in [9.17, 15) is 0 Å². The second-order valence-corrected chi connectivity index (χ2v) is 5.42. The van der Waals surface area contributed by atoms with Gasteiger partial charge in [-0.2, -0.15) is 11.8 Å². The second-order valence-electron chi connectivity index (χ2n) is 4.27. The summed E-state index contributed by atoms with van der Waals surface area (Å²) >= 11 is 2.02. The van der Waals surface area contributed by atoms with Crippen LogP contribution in [0.4, 0.5) is 11.6 Å². The summed E-state index contributed by atoms with van der Waals surface area (Å²) in [5.41, 5.74) is 0. The van der Waals surface area contributed by atoms with Gasteiger partial charge in [0.15, 0.2) is 0 Å². The fraction of sp³-hybridized carbons (Fsp3) is 0.667. The molecule has 94 valence electrons. The third-order valence-corrected chi connectivity index (χ3v) is 3.95. The van der Waals surface area contributed by atoms with Crippen LogP contribution in [0.2, 0.25) is 0 Å². The normalized spacial score (nSPS) is 19.9. The summed E-state index contributed by atoms with van der Waals surface area (Å²) in [5.74, 6) is 4.33. The van der Waals surface area contributed by atoms with Gasteiger partial charge in [0.05, 0.1) is 0 Å². The molecule has 0 aromatic carbocycles. The van der Waals surface area contributed by atoms with E-state index < -0.39 is 0 Å². The molecule has 0 bridgehead atoms. The molecular formula is C12H20N4S. The lowest BCUT2D eigenvalue weighted by Crippen LogP contribution is -2.26. The summed E-state index contributed by atoms with van der Waals surface area (Å²) in [7, 11) is 0. The Morgan fingerprint density at radius 1 is 1.41 bits per heavy atom. The van der Waals surface area contributed by atoms with E-state index >= 15 is 0 Å². The van der Waals surface area contributed by atoms with Crippen molar-refractivity contribution >= 4 is 23.4 Å². The van der Waals surface area contributed by atoms with E-state index in [1.54, 1.807) is 6.33 Å². The van der Waals surface area contributed by atoms with E-state index in [1.165, 1.54) is 24.3 Å². The van der Waals surface area contributed by atoms with Crippen LogP contribution in [0.15, 0.2) is 12.4 Å². The minimum absolute atomic E-state index is 0.558. The second kappa shape index (κ2) is 6.69. The van der Waals surface area contributed by atoms with Crippen molar-refractivity contribution in [2.24, 2.45) is 0 Å². The van der Waals surface area contributed by atoms with Crippen molar-refractivity contribution in [3.05, 3.63) is 12.4 Å². The van der Waals surface area contributed by atoms with Crippen molar-refractivity contribution < 1.29 is 0 Å². The van der Waals surface area contributed by atoms with Crippen molar-refractivity contribution in [1.82, 2.24) is 9.97 Å². The largest absolute Gasteiger partial charge is 0.370 e. The molecule has 2 heterocycles. The molecule has 17 heavy (non-hydrogen) atoms. The Hall–Kier alpha value is -0.970. The highest BCUT2D eigenvalue weighted by molar-refractivity contribution is 7.99. The third kappa shape index (κ3) is 4.07. The topological polar surface area (TPSA) is 49.8 Å². The molecule has 0 aliphatic carbocycles. The number of aromatic nitrogens is 2. The van der Waals surface area contributed by atoms with Crippen LogP contribution in [-0.4, -0.2) is 34.1 Å². The highest BCUT2D eigenvalue weighted by Gasteiger charge is 2.13. The predicted molar refractivity (Wildman–Crippen MR) is 74.8 cm³/mol. The Balaban J connectivity index is 1.90. The molecule has 1 aromatic rings. The maximum absolute atomic E-state index is 4.27. The molecular weight excluding hydrogens is 232 g/mol. The Kier molecular flexibility index (Phi) is 4.91. The molecule has 1 fully saturated rings. The van der Waals surface area contributed by atoms with Gasteiger partial charge in [-0.05, 0) is 25.0 Å². The minimum Gasteiger partial charge on any atom is -0.370 e. The number of nitrogens with zero attached hydrogens (tertiary/aromatic N) is 2. The van der Waals surface area contributed by atoms with E-state index in [4.69, 9.17) is 0 Å². The van der Waals surface area contributed by atoms with Crippen LogP contribution in [-0.2, 0) is 0 Å². The van der Waals surface area contributed by atoms with E-state index in [0.29, 0.717) is 6.04 Å². The Bertz CT molecular complexity index is 339. The van der Waals surface area contributed by atoms with E-state index in [1.807, 2.05) is 17.8 Å². The van der Waals surface area contributed by atoms with Crippen molar-refractivity contribution in [3.63, 3.8) is 0 Å². The number of hydrogen-bond acceptors (Lipinski definition) is 5. The lowest BCUT2D eigenvalue weighted by atomic mass is 10.2. The number of nitrogens with one attached hydrogen (secondary N) is 2. The molecule has 0 spiro atoms. The van der Waals surface area contributed by atoms with Crippen molar-refractivity contribution in [2.75, 3.05) is 28.7 Å². The van der Waals surface area contributed by atoms with Crippen molar-refractivity contribution in [2.45, 2.75) is 32.2 Å². The number of hydrogen-bond donors (Lipinski definition) is 2. The first kappa shape index (κ1) is 12.5. The Morgan fingerprint density at radius 2 is 2.29 bits per heavy atom. The molecule has 0 radical (unpaired) electrons. The molecule has 1 aromatic heterocycles.